The van der Waals surface area contributed by atoms with Gasteiger partial charge in [-0.2, -0.15) is 10.2 Å². The number of azo groups is 1. The van der Waals surface area contributed by atoms with E-state index in [0.29, 0.717) is 10.0 Å². The summed E-state index contributed by atoms with van der Waals surface area (Å²) < 4.78 is 12.5. The van der Waals surface area contributed by atoms with Crippen molar-refractivity contribution in [1.82, 2.24) is 0 Å². The van der Waals surface area contributed by atoms with Gasteiger partial charge in [-0.3, -0.25) is 0 Å². The molecule has 2 aromatic carbocycles. The van der Waals surface area contributed by atoms with Crippen LogP contribution in [0.5, 0.6) is 0 Å². The van der Waals surface area contributed by atoms with Crippen molar-refractivity contribution in [3.8, 4) is 0 Å². The third-order valence-corrected chi connectivity index (χ3v) is 7.61. The van der Waals surface area contributed by atoms with Crippen LogP contribution in [0.1, 0.15) is 30.4 Å². The number of ether oxygens (including phenoxy) is 2. The molecule has 4 atom stereocenters. The highest BCUT2D eigenvalue weighted by molar-refractivity contribution is 6.30. The zero-order valence-electron chi connectivity index (χ0n) is 15.9. The zero-order chi connectivity index (χ0) is 19.6. The molecule has 1 heterocycles. The minimum Gasteiger partial charge on any atom is -0.348 e. The molecule has 6 heteroatoms. The Morgan fingerprint density at radius 1 is 0.750 bits per heavy atom. The predicted octanol–water partition coefficient (Wildman–Crippen LogP) is 5.97. The third kappa shape index (κ3) is 1.95. The Morgan fingerprint density at radius 3 is 1.50 bits per heavy atom. The monoisotopic (exact) mass is 416 g/mol. The number of rotatable bonds is 4. The highest BCUT2D eigenvalue weighted by Gasteiger charge is 2.84. The fourth-order valence-electron chi connectivity index (χ4n) is 6.21. The molecule has 0 N–H and O–H groups in total. The number of methoxy groups -OCH3 is 2. The number of fused-ring (bicyclic) bond motifs is 5. The summed E-state index contributed by atoms with van der Waals surface area (Å²) in [5.74, 6) is -0.472. The number of benzene rings is 2. The number of halogens is 2. The van der Waals surface area contributed by atoms with E-state index >= 15 is 0 Å². The highest BCUT2D eigenvalue weighted by atomic mass is 35.5. The first-order valence-electron chi connectivity index (χ1n) is 9.62. The Bertz CT molecular complexity index is 855. The van der Waals surface area contributed by atoms with Gasteiger partial charge in [-0.15, -0.1) is 0 Å². The second-order valence-electron chi connectivity index (χ2n) is 7.92. The van der Waals surface area contributed by atoms with E-state index in [9.17, 15) is 0 Å². The molecule has 2 bridgehead atoms. The summed E-state index contributed by atoms with van der Waals surface area (Å²) in [5, 5.41) is 11.3. The summed E-state index contributed by atoms with van der Waals surface area (Å²) in [6.07, 6.45) is 3.28. The Kier molecular flexibility index (Phi) is 4.15. The van der Waals surface area contributed by atoms with Crippen molar-refractivity contribution < 1.29 is 9.47 Å². The van der Waals surface area contributed by atoms with Crippen LogP contribution in [0, 0.1) is 11.8 Å². The Balaban J connectivity index is 1.81. The van der Waals surface area contributed by atoms with Crippen LogP contribution >= 0.6 is 23.2 Å². The predicted molar refractivity (Wildman–Crippen MR) is 109 cm³/mol. The van der Waals surface area contributed by atoms with E-state index in [-0.39, 0.29) is 11.8 Å². The molecule has 28 heavy (non-hydrogen) atoms. The maximum Gasteiger partial charge on any atom is 0.232 e. The summed E-state index contributed by atoms with van der Waals surface area (Å²) in [6, 6.07) is 15.8. The fourth-order valence-corrected chi connectivity index (χ4v) is 6.47. The first-order valence-corrected chi connectivity index (χ1v) is 10.4. The number of nitrogens with zero attached hydrogens (tertiary/aromatic N) is 2. The third-order valence-electron chi connectivity index (χ3n) is 7.10. The van der Waals surface area contributed by atoms with E-state index in [1.54, 1.807) is 14.2 Å². The van der Waals surface area contributed by atoms with E-state index in [1.807, 2.05) is 48.5 Å². The van der Waals surface area contributed by atoms with E-state index in [1.165, 1.54) is 0 Å². The van der Waals surface area contributed by atoms with Gasteiger partial charge in [0.05, 0.1) is 0 Å². The standard InChI is InChI=1S/C22H22Cl2N2O2/c1-27-22(28-2)20(14-6-10-16(23)11-7-14)18-4-3-5-19(18)21(22,26-25-20)15-8-12-17(24)13-9-15/h6-13,18-19H,3-5H2,1-2H3/t18-,19+,20-,21+. The molecule has 146 valence electrons. The summed E-state index contributed by atoms with van der Waals surface area (Å²) >= 11 is 12.4. The van der Waals surface area contributed by atoms with Gasteiger partial charge in [0.2, 0.25) is 5.79 Å². The molecule has 0 spiro atoms. The lowest BCUT2D eigenvalue weighted by molar-refractivity contribution is -0.263. The van der Waals surface area contributed by atoms with Gasteiger partial charge in [-0.05, 0) is 48.2 Å². The molecular weight excluding hydrogens is 395 g/mol. The van der Waals surface area contributed by atoms with E-state index in [0.717, 1.165) is 30.4 Å². The molecule has 0 radical (unpaired) electrons. The van der Waals surface area contributed by atoms with Crippen LogP contribution in [0.2, 0.25) is 10.0 Å². The zero-order valence-corrected chi connectivity index (χ0v) is 17.4. The minimum atomic E-state index is -1.03. The van der Waals surface area contributed by atoms with Crippen LogP contribution in [0.3, 0.4) is 0 Å². The smallest absolute Gasteiger partial charge is 0.232 e. The average Bonchev–Trinajstić information content (AvgIpc) is 3.36. The minimum absolute atomic E-state index is 0.279. The van der Waals surface area contributed by atoms with Crippen LogP contribution < -0.4 is 0 Å². The second-order valence-corrected chi connectivity index (χ2v) is 8.79. The molecule has 0 amide bonds. The summed E-state index contributed by atoms with van der Waals surface area (Å²) in [6.45, 7) is 0. The van der Waals surface area contributed by atoms with Gasteiger partial charge in [-0.1, -0.05) is 53.9 Å². The topological polar surface area (TPSA) is 43.2 Å². The molecule has 2 aromatic rings. The van der Waals surface area contributed by atoms with Crippen molar-refractivity contribution in [2.45, 2.75) is 36.1 Å². The molecule has 4 nitrogen and oxygen atoms in total. The quantitative estimate of drug-likeness (QED) is 0.576. The van der Waals surface area contributed by atoms with E-state index in [2.05, 4.69) is 0 Å². The van der Waals surface area contributed by atoms with Gasteiger partial charge >= 0.3 is 0 Å². The maximum atomic E-state index is 6.27. The molecule has 3 aliphatic rings. The van der Waals surface area contributed by atoms with Crippen LogP contribution in [0.4, 0.5) is 0 Å². The highest BCUT2D eigenvalue weighted by Crippen LogP contribution is 2.75. The molecule has 0 unspecified atom stereocenters. The molecule has 0 saturated heterocycles. The van der Waals surface area contributed by atoms with Gasteiger partial charge in [0.1, 0.15) is 0 Å². The molecule has 0 aromatic heterocycles. The van der Waals surface area contributed by atoms with Crippen molar-refractivity contribution >= 4 is 23.2 Å². The second kappa shape index (κ2) is 6.27. The van der Waals surface area contributed by atoms with Gasteiger partial charge in [0, 0.05) is 36.1 Å². The molecule has 2 saturated carbocycles. The molecule has 1 aliphatic heterocycles. The SMILES string of the molecule is COC1(OC)[C@]2(c3ccc(Cl)cc3)N=N[C@@]1(c1ccc(Cl)cc1)[C@H]1CCC[C@H]12. The summed E-state index contributed by atoms with van der Waals surface area (Å²) in [4.78, 5) is 0. The maximum absolute atomic E-state index is 6.27. The lowest BCUT2D eigenvalue weighted by atomic mass is 9.74. The number of hydrogen-bond acceptors (Lipinski definition) is 4. The van der Waals surface area contributed by atoms with Gasteiger partial charge in [0.25, 0.3) is 0 Å². The summed E-state index contributed by atoms with van der Waals surface area (Å²) in [7, 11) is 3.41. The molecule has 2 aliphatic carbocycles. The summed E-state index contributed by atoms with van der Waals surface area (Å²) in [5.41, 5.74) is 0.660. The van der Waals surface area contributed by atoms with E-state index in [4.69, 9.17) is 42.9 Å². The largest absolute Gasteiger partial charge is 0.348 e. The molecule has 5 rings (SSSR count). The van der Waals surface area contributed by atoms with Crippen LogP contribution in [0.15, 0.2) is 58.8 Å². The van der Waals surface area contributed by atoms with Gasteiger partial charge in [0.15, 0.2) is 11.1 Å². The lowest BCUT2D eigenvalue weighted by Gasteiger charge is -2.44. The first kappa shape index (κ1) is 18.6. The average molecular weight is 417 g/mol. The van der Waals surface area contributed by atoms with Crippen molar-refractivity contribution in [3.05, 3.63) is 69.7 Å². The molecule has 2 fully saturated rings. The Hall–Kier alpha value is -1.46. The first-order chi connectivity index (χ1) is 13.6. The van der Waals surface area contributed by atoms with Gasteiger partial charge in [-0.25, -0.2) is 0 Å². The van der Waals surface area contributed by atoms with Crippen molar-refractivity contribution in [2.75, 3.05) is 14.2 Å². The van der Waals surface area contributed by atoms with Crippen LogP contribution in [0.25, 0.3) is 0 Å². The van der Waals surface area contributed by atoms with Crippen LogP contribution in [-0.4, -0.2) is 20.0 Å². The Morgan fingerprint density at radius 2 is 1.14 bits per heavy atom. The molecular formula is C22H22Cl2N2O2. The van der Waals surface area contributed by atoms with Crippen molar-refractivity contribution in [1.29, 1.82) is 0 Å². The fraction of sp³-hybridized carbons (Fsp3) is 0.455. The normalized spacial score (nSPS) is 34.7. The van der Waals surface area contributed by atoms with E-state index < -0.39 is 16.9 Å². The van der Waals surface area contributed by atoms with Crippen molar-refractivity contribution in [3.63, 3.8) is 0 Å². The lowest BCUT2D eigenvalue weighted by Crippen LogP contribution is -2.58. The Labute approximate surface area is 174 Å². The van der Waals surface area contributed by atoms with Crippen LogP contribution in [-0.2, 0) is 20.6 Å². The van der Waals surface area contributed by atoms with Gasteiger partial charge < -0.3 is 9.47 Å². The number of hydrogen-bond donors (Lipinski definition) is 0. The van der Waals surface area contributed by atoms with Crippen molar-refractivity contribution in [2.24, 2.45) is 22.1 Å².